The fourth-order valence-corrected chi connectivity index (χ4v) is 1.57. The number of carbonyl (C=O) groups is 1. The van der Waals surface area contributed by atoms with E-state index in [0.717, 1.165) is 32.4 Å². The van der Waals surface area contributed by atoms with Crippen molar-refractivity contribution in [3.8, 4) is 0 Å². The predicted octanol–water partition coefficient (Wildman–Crippen LogP) is -0.0307. The van der Waals surface area contributed by atoms with Crippen LogP contribution in [-0.2, 0) is 4.79 Å². The van der Waals surface area contributed by atoms with Crippen molar-refractivity contribution < 1.29 is 9.90 Å². The molecule has 1 heterocycles. The van der Waals surface area contributed by atoms with Crippen LogP contribution in [0.4, 0.5) is 0 Å². The number of hydrogen-bond donors (Lipinski definition) is 2. The Hall–Kier alpha value is -0.610. The average Bonchev–Trinajstić information content (AvgIpc) is 2.70. The minimum atomic E-state index is -0.332. The number of rotatable bonds is 5. The molecule has 1 saturated heterocycles. The first-order valence-electron chi connectivity index (χ1n) is 5.40. The molecule has 1 amide bonds. The lowest BCUT2D eigenvalue weighted by atomic mass is 10.3. The highest BCUT2D eigenvalue weighted by Gasteiger charge is 2.17. The van der Waals surface area contributed by atoms with Gasteiger partial charge in [0.15, 0.2) is 0 Å². The Morgan fingerprint density at radius 1 is 1.50 bits per heavy atom. The van der Waals surface area contributed by atoms with E-state index in [0.29, 0.717) is 13.1 Å². The van der Waals surface area contributed by atoms with E-state index in [9.17, 15) is 9.90 Å². The lowest BCUT2D eigenvalue weighted by molar-refractivity contribution is -0.129. The highest BCUT2D eigenvalue weighted by atomic mass is 16.3. The maximum atomic E-state index is 11.5. The summed E-state index contributed by atoms with van der Waals surface area (Å²) in [5.41, 5.74) is 0. The first-order chi connectivity index (χ1) is 6.74. The Kier molecular flexibility index (Phi) is 4.90. The van der Waals surface area contributed by atoms with Gasteiger partial charge in [-0.15, -0.1) is 0 Å². The van der Waals surface area contributed by atoms with Crippen LogP contribution in [0.5, 0.6) is 0 Å². The van der Waals surface area contributed by atoms with Crippen LogP contribution in [-0.4, -0.2) is 48.2 Å². The van der Waals surface area contributed by atoms with Crippen LogP contribution >= 0.6 is 0 Å². The molecule has 1 aliphatic heterocycles. The van der Waals surface area contributed by atoms with E-state index >= 15 is 0 Å². The van der Waals surface area contributed by atoms with E-state index in [1.165, 1.54) is 0 Å². The minimum Gasteiger partial charge on any atom is -0.392 e. The Labute approximate surface area is 85.3 Å². The average molecular weight is 200 g/mol. The maximum absolute atomic E-state index is 11.5. The van der Waals surface area contributed by atoms with E-state index in [-0.39, 0.29) is 12.0 Å². The number of nitrogens with zero attached hydrogens (tertiary/aromatic N) is 1. The molecule has 0 saturated carbocycles. The highest BCUT2D eigenvalue weighted by Crippen LogP contribution is 2.06. The van der Waals surface area contributed by atoms with E-state index in [2.05, 4.69) is 5.32 Å². The Bertz CT molecular complexity index is 179. The smallest absolute Gasteiger partial charge is 0.236 e. The van der Waals surface area contributed by atoms with Gasteiger partial charge in [0, 0.05) is 19.6 Å². The Morgan fingerprint density at radius 3 is 2.71 bits per heavy atom. The zero-order valence-electron chi connectivity index (χ0n) is 8.83. The topological polar surface area (TPSA) is 52.6 Å². The van der Waals surface area contributed by atoms with Crippen molar-refractivity contribution in [1.82, 2.24) is 10.2 Å². The van der Waals surface area contributed by atoms with Gasteiger partial charge in [-0.05, 0) is 19.3 Å². The number of amides is 1. The van der Waals surface area contributed by atoms with E-state index < -0.39 is 0 Å². The Morgan fingerprint density at radius 2 is 2.14 bits per heavy atom. The van der Waals surface area contributed by atoms with Gasteiger partial charge in [-0.25, -0.2) is 0 Å². The second kappa shape index (κ2) is 5.98. The first kappa shape index (κ1) is 11.5. The largest absolute Gasteiger partial charge is 0.392 e. The van der Waals surface area contributed by atoms with Crippen molar-refractivity contribution in [3.63, 3.8) is 0 Å². The van der Waals surface area contributed by atoms with Gasteiger partial charge in [0.1, 0.15) is 0 Å². The third-order valence-corrected chi connectivity index (χ3v) is 2.59. The van der Waals surface area contributed by atoms with E-state index in [1.54, 1.807) is 0 Å². The van der Waals surface area contributed by atoms with Crippen LogP contribution in [0, 0.1) is 0 Å². The van der Waals surface area contributed by atoms with Gasteiger partial charge < -0.3 is 15.3 Å². The zero-order chi connectivity index (χ0) is 10.4. The van der Waals surface area contributed by atoms with Crippen molar-refractivity contribution in [3.05, 3.63) is 0 Å². The molecule has 0 aromatic rings. The maximum Gasteiger partial charge on any atom is 0.236 e. The minimum absolute atomic E-state index is 0.158. The summed E-state index contributed by atoms with van der Waals surface area (Å²) in [6.45, 7) is 4.59. The summed E-state index contributed by atoms with van der Waals surface area (Å²) in [6, 6.07) is 0. The summed E-state index contributed by atoms with van der Waals surface area (Å²) in [5, 5.41) is 12.2. The fraction of sp³-hybridized carbons (Fsp3) is 0.900. The molecule has 0 radical (unpaired) electrons. The lowest BCUT2D eigenvalue weighted by Crippen LogP contribution is -2.38. The standard InChI is InChI=1S/C10H20N2O2/c1-2-9(13)7-11-8-10(14)12-5-3-4-6-12/h9,11,13H,2-8H2,1H3. The summed E-state index contributed by atoms with van der Waals surface area (Å²) in [6.07, 6.45) is 2.65. The first-order valence-corrected chi connectivity index (χ1v) is 5.40. The van der Waals surface area contributed by atoms with Crippen LogP contribution < -0.4 is 5.32 Å². The van der Waals surface area contributed by atoms with Crippen molar-refractivity contribution in [2.45, 2.75) is 32.3 Å². The second-order valence-electron chi connectivity index (χ2n) is 3.78. The van der Waals surface area contributed by atoms with Gasteiger partial charge in [0.2, 0.25) is 5.91 Å². The molecule has 0 aromatic heterocycles. The molecule has 1 atom stereocenters. The van der Waals surface area contributed by atoms with Gasteiger partial charge in [-0.2, -0.15) is 0 Å². The molecule has 2 N–H and O–H groups in total. The number of hydrogen-bond acceptors (Lipinski definition) is 3. The summed E-state index contributed by atoms with van der Waals surface area (Å²) in [5.74, 6) is 0.158. The summed E-state index contributed by atoms with van der Waals surface area (Å²) < 4.78 is 0. The molecule has 0 aliphatic carbocycles. The zero-order valence-corrected chi connectivity index (χ0v) is 8.83. The molecule has 1 fully saturated rings. The predicted molar refractivity (Wildman–Crippen MR) is 55.0 cm³/mol. The third kappa shape index (κ3) is 3.64. The molecular weight excluding hydrogens is 180 g/mol. The number of aliphatic hydroxyl groups excluding tert-OH is 1. The van der Waals surface area contributed by atoms with Crippen molar-refractivity contribution >= 4 is 5.91 Å². The number of aliphatic hydroxyl groups is 1. The third-order valence-electron chi connectivity index (χ3n) is 2.59. The quantitative estimate of drug-likeness (QED) is 0.655. The summed E-state index contributed by atoms with van der Waals surface area (Å²) in [7, 11) is 0. The van der Waals surface area contributed by atoms with Crippen LogP contribution in [0.2, 0.25) is 0 Å². The van der Waals surface area contributed by atoms with Gasteiger partial charge in [-0.3, -0.25) is 4.79 Å². The van der Waals surface area contributed by atoms with Crippen LogP contribution in [0.1, 0.15) is 26.2 Å². The molecule has 1 unspecified atom stereocenters. The molecule has 0 spiro atoms. The highest BCUT2D eigenvalue weighted by molar-refractivity contribution is 5.78. The molecule has 0 bridgehead atoms. The van der Waals surface area contributed by atoms with Crippen molar-refractivity contribution in [1.29, 1.82) is 0 Å². The van der Waals surface area contributed by atoms with Gasteiger partial charge in [-0.1, -0.05) is 6.92 Å². The molecule has 1 rings (SSSR count). The molecule has 4 nitrogen and oxygen atoms in total. The number of nitrogens with one attached hydrogen (secondary N) is 1. The van der Waals surface area contributed by atoms with Crippen LogP contribution in [0.3, 0.4) is 0 Å². The molecule has 4 heteroatoms. The lowest BCUT2D eigenvalue weighted by Gasteiger charge is -2.16. The Balaban J connectivity index is 2.08. The normalized spacial score (nSPS) is 18.6. The molecule has 14 heavy (non-hydrogen) atoms. The summed E-state index contributed by atoms with van der Waals surface area (Å²) in [4.78, 5) is 13.4. The van der Waals surface area contributed by atoms with E-state index in [4.69, 9.17) is 0 Å². The number of carbonyl (C=O) groups excluding carboxylic acids is 1. The van der Waals surface area contributed by atoms with Crippen molar-refractivity contribution in [2.75, 3.05) is 26.2 Å². The van der Waals surface area contributed by atoms with Gasteiger partial charge in [0.05, 0.1) is 12.6 Å². The summed E-state index contributed by atoms with van der Waals surface area (Å²) >= 11 is 0. The monoisotopic (exact) mass is 200 g/mol. The van der Waals surface area contributed by atoms with Gasteiger partial charge in [0.25, 0.3) is 0 Å². The molecule has 82 valence electrons. The number of likely N-dealkylation sites (tertiary alicyclic amines) is 1. The molecule has 1 aliphatic rings. The van der Waals surface area contributed by atoms with Crippen LogP contribution in [0.25, 0.3) is 0 Å². The fourth-order valence-electron chi connectivity index (χ4n) is 1.57. The SMILES string of the molecule is CCC(O)CNCC(=O)N1CCCC1. The molecular formula is C10H20N2O2. The second-order valence-corrected chi connectivity index (χ2v) is 3.78. The van der Waals surface area contributed by atoms with Crippen LogP contribution in [0.15, 0.2) is 0 Å². The van der Waals surface area contributed by atoms with Gasteiger partial charge >= 0.3 is 0 Å². The molecule has 0 aromatic carbocycles. The van der Waals surface area contributed by atoms with E-state index in [1.807, 2.05) is 11.8 Å². The van der Waals surface area contributed by atoms with Crippen molar-refractivity contribution in [2.24, 2.45) is 0 Å².